The van der Waals surface area contributed by atoms with E-state index >= 15 is 8.78 Å². The summed E-state index contributed by atoms with van der Waals surface area (Å²) < 4.78 is 72.9. The molecule has 0 radical (unpaired) electrons. The van der Waals surface area contributed by atoms with E-state index in [4.69, 9.17) is 14.5 Å². The van der Waals surface area contributed by atoms with Crippen molar-refractivity contribution < 1.29 is 31.8 Å². The summed E-state index contributed by atoms with van der Waals surface area (Å²) in [6.45, 7) is 5.61. The number of nitrogens with zero attached hydrogens (tertiary/aromatic N) is 8. The molecule has 4 aliphatic heterocycles. The van der Waals surface area contributed by atoms with Crippen LogP contribution < -0.4 is 9.64 Å². The predicted octanol–water partition coefficient (Wildman–Crippen LogP) is 5.43. The molecule has 0 bridgehead atoms. The highest BCUT2D eigenvalue weighted by Gasteiger charge is 2.49. The molecular weight excluding hydrogens is 716 g/mol. The van der Waals surface area contributed by atoms with E-state index in [0.717, 1.165) is 51.6 Å². The molecule has 2 aromatic heterocycles. The van der Waals surface area contributed by atoms with Crippen molar-refractivity contribution in [3.63, 3.8) is 0 Å². The highest BCUT2D eigenvalue weighted by molar-refractivity contribution is 5.99. The number of ether oxygens (including phenoxy) is 2. The Balaban J connectivity index is 1.13. The number of halogens is 4. The lowest BCUT2D eigenvalue weighted by atomic mass is 9.95. The van der Waals surface area contributed by atoms with Gasteiger partial charge in [0.05, 0.1) is 36.1 Å². The molecule has 4 aliphatic rings. The quantitative estimate of drug-likeness (QED) is 0.162. The molecule has 0 spiro atoms. The van der Waals surface area contributed by atoms with Gasteiger partial charge in [-0.1, -0.05) is 30.3 Å². The van der Waals surface area contributed by atoms with Crippen LogP contribution in [-0.2, 0) is 9.53 Å². The van der Waals surface area contributed by atoms with Gasteiger partial charge in [0.1, 0.15) is 29.8 Å². The average molecular weight is 759 g/mol. The van der Waals surface area contributed by atoms with Crippen LogP contribution in [0, 0.1) is 28.8 Å². The molecule has 4 saturated heterocycles. The number of piperazine rings is 1. The maximum atomic E-state index is 16.9. The van der Waals surface area contributed by atoms with Gasteiger partial charge < -0.3 is 19.3 Å². The van der Waals surface area contributed by atoms with Crippen LogP contribution in [0.2, 0.25) is 0 Å². The fourth-order valence-corrected chi connectivity index (χ4v) is 8.67. The van der Waals surface area contributed by atoms with Crippen molar-refractivity contribution in [3.8, 4) is 23.3 Å². The SMILES string of the molecule is N#CC[C@H]1CN(c2nc(OC[C@@]34CCCN3C[C@H](F)C4)nc3c(F)c(-c4cccc5ccc(F)c(F)c45)ncc23)CCN1C(=O)/C=C/CN1CCCOCC1. The summed E-state index contributed by atoms with van der Waals surface area (Å²) in [7, 11) is 0. The van der Waals surface area contributed by atoms with Gasteiger partial charge in [-0.3, -0.25) is 19.6 Å². The van der Waals surface area contributed by atoms with Crippen molar-refractivity contribution >= 4 is 33.4 Å². The second kappa shape index (κ2) is 15.7. The topological polar surface area (TPSA) is 111 Å². The number of anilines is 1. The normalized spacial score (nSPS) is 23.8. The van der Waals surface area contributed by atoms with Gasteiger partial charge in [-0.2, -0.15) is 15.2 Å². The molecule has 15 heteroatoms. The highest BCUT2D eigenvalue weighted by atomic mass is 19.2. The van der Waals surface area contributed by atoms with E-state index in [1.54, 1.807) is 23.1 Å². The Bertz CT molecular complexity index is 2160. The fourth-order valence-electron chi connectivity index (χ4n) is 8.67. The van der Waals surface area contributed by atoms with Gasteiger partial charge in [-0.15, -0.1) is 0 Å². The zero-order valence-electron chi connectivity index (χ0n) is 30.4. The first-order valence-electron chi connectivity index (χ1n) is 18.9. The first kappa shape index (κ1) is 37.0. The number of aromatic nitrogens is 3. The third-order valence-electron chi connectivity index (χ3n) is 11.4. The third kappa shape index (κ3) is 7.30. The molecule has 0 saturated carbocycles. The van der Waals surface area contributed by atoms with E-state index in [2.05, 4.69) is 25.8 Å². The van der Waals surface area contributed by atoms with Crippen molar-refractivity contribution in [2.45, 2.75) is 49.9 Å². The fraction of sp³-hybridized carbons (Fsp3) is 0.475. The molecular formula is C40H42F4N8O3. The first-order valence-corrected chi connectivity index (χ1v) is 18.9. The summed E-state index contributed by atoms with van der Waals surface area (Å²) in [5.74, 6) is -2.99. The van der Waals surface area contributed by atoms with Crippen LogP contribution in [0.15, 0.2) is 48.7 Å². The van der Waals surface area contributed by atoms with Crippen LogP contribution >= 0.6 is 0 Å². The van der Waals surface area contributed by atoms with Crippen LogP contribution in [-0.4, -0.2) is 125 Å². The maximum absolute atomic E-state index is 16.9. The number of rotatable bonds is 9. The van der Waals surface area contributed by atoms with Crippen molar-refractivity contribution in [3.05, 3.63) is 66.1 Å². The standard InChI is InChI=1S/C40H42F4N8O3/c41-27-21-40(11-3-15-51(40)23-27)25-55-39-47-37-30(22-46-36(35(37)44)29-6-1-5-26-8-9-31(42)34(43)33(26)29)38(48-39)50-16-17-52(28(24-50)10-12-45)32(53)7-2-13-49-14-4-19-54-20-18-49/h1-2,5-9,22,27-28H,3-4,10-11,13-21,23-25H2/b7-2+/t27-,28+,40+/m1/s1. The van der Waals surface area contributed by atoms with E-state index in [-0.39, 0.29) is 71.4 Å². The van der Waals surface area contributed by atoms with Gasteiger partial charge in [0.15, 0.2) is 17.5 Å². The van der Waals surface area contributed by atoms with Gasteiger partial charge in [-0.05, 0) is 37.3 Å². The lowest BCUT2D eigenvalue weighted by molar-refractivity contribution is -0.128. The maximum Gasteiger partial charge on any atom is 0.319 e. The third-order valence-corrected chi connectivity index (χ3v) is 11.4. The Morgan fingerprint density at radius 3 is 2.80 bits per heavy atom. The lowest BCUT2D eigenvalue weighted by Gasteiger charge is -2.41. The predicted molar refractivity (Wildman–Crippen MR) is 198 cm³/mol. The molecule has 1 amide bonds. The zero-order chi connectivity index (χ0) is 38.1. The Labute approximate surface area is 316 Å². The van der Waals surface area contributed by atoms with Crippen molar-refractivity contribution in [2.24, 2.45) is 0 Å². The van der Waals surface area contributed by atoms with Crippen LogP contribution in [0.4, 0.5) is 23.4 Å². The highest BCUT2D eigenvalue weighted by Crippen LogP contribution is 2.41. The minimum Gasteiger partial charge on any atom is -0.461 e. The molecule has 3 atom stereocenters. The number of fused-ring (bicyclic) bond motifs is 3. The number of hydrogen-bond acceptors (Lipinski definition) is 10. The summed E-state index contributed by atoms with van der Waals surface area (Å²) >= 11 is 0. The first-order chi connectivity index (χ1) is 26.7. The number of hydrogen-bond donors (Lipinski definition) is 0. The molecule has 4 aromatic rings. The molecule has 2 aromatic carbocycles. The summed E-state index contributed by atoms with van der Waals surface area (Å²) in [5.41, 5.74) is -0.850. The minimum absolute atomic E-state index is 0.0502. The van der Waals surface area contributed by atoms with E-state index in [9.17, 15) is 18.8 Å². The van der Waals surface area contributed by atoms with Crippen LogP contribution in [0.5, 0.6) is 6.01 Å². The smallest absolute Gasteiger partial charge is 0.319 e. The van der Waals surface area contributed by atoms with Crippen LogP contribution in [0.3, 0.4) is 0 Å². The average Bonchev–Trinajstić information content (AvgIpc) is 3.58. The summed E-state index contributed by atoms with van der Waals surface area (Å²) in [6, 6.07) is 8.69. The molecule has 11 nitrogen and oxygen atoms in total. The van der Waals surface area contributed by atoms with Gasteiger partial charge >= 0.3 is 6.01 Å². The molecule has 288 valence electrons. The number of carbonyl (C=O) groups excluding carboxylic acids is 1. The second-order valence-electron chi connectivity index (χ2n) is 14.8. The van der Waals surface area contributed by atoms with Crippen LogP contribution in [0.25, 0.3) is 32.9 Å². The van der Waals surface area contributed by atoms with Gasteiger partial charge in [0.2, 0.25) is 5.91 Å². The molecule has 55 heavy (non-hydrogen) atoms. The zero-order valence-corrected chi connectivity index (χ0v) is 30.4. The molecule has 0 N–H and O–H groups in total. The van der Waals surface area contributed by atoms with Crippen molar-refractivity contribution in [2.75, 3.05) is 77.1 Å². The van der Waals surface area contributed by atoms with Gasteiger partial charge in [0, 0.05) is 82.1 Å². The molecule has 8 rings (SSSR count). The number of alkyl halides is 1. The van der Waals surface area contributed by atoms with E-state index in [1.165, 1.54) is 18.3 Å². The Hall–Kier alpha value is -4.91. The number of nitriles is 1. The number of pyridine rings is 1. The van der Waals surface area contributed by atoms with Gasteiger partial charge in [-0.25, -0.2) is 17.6 Å². The lowest BCUT2D eigenvalue weighted by Crippen LogP contribution is -2.55. The van der Waals surface area contributed by atoms with E-state index in [1.807, 2.05) is 11.0 Å². The Morgan fingerprint density at radius 1 is 1.04 bits per heavy atom. The Kier molecular flexibility index (Phi) is 10.6. The molecule has 4 fully saturated rings. The minimum atomic E-state index is -1.12. The van der Waals surface area contributed by atoms with E-state index < -0.39 is 35.2 Å². The summed E-state index contributed by atoms with van der Waals surface area (Å²) in [4.78, 5) is 35.0. The monoisotopic (exact) mass is 758 g/mol. The second-order valence-corrected chi connectivity index (χ2v) is 14.8. The molecule has 6 heterocycles. The van der Waals surface area contributed by atoms with E-state index in [0.29, 0.717) is 38.0 Å². The number of amides is 1. The van der Waals surface area contributed by atoms with Crippen molar-refractivity contribution in [1.29, 1.82) is 5.26 Å². The van der Waals surface area contributed by atoms with Crippen LogP contribution in [0.1, 0.15) is 32.1 Å². The number of benzene rings is 2. The summed E-state index contributed by atoms with van der Waals surface area (Å²) in [5, 5.41) is 10.3. The summed E-state index contributed by atoms with van der Waals surface area (Å²) in [6.07, 6.45) is 6.75. The number of carbonyl (C=O) groups is 1. The van der Waals surface area contributed by atoms with Crippen molar-refractivity contribution in [1.82, 2.24) is 29.7 Å². The molecule has 0 aliphatic carbocycles. The largest absolute Gasteiger partial charge is 0.461 e. The molecule has 0 unspecified atom stereocenters. The Morgan fingerprint density at radius 2 is 1.93 bits per heavy atom. The van der Waals surface area contributed by atoms with Gasteiger partial charge in [0.25, 0.3) is 0 Å².